The number of piperazine rings is 1. The van der Waals surface area contributed by atoms with E-state index in [9.17, 15) is 4.39 Å². The van der Waals surface area contributed by atoms with Gasteiger partial charge in [0.15, 0.2) is 0 Å². The fraction of sp³-hybridized carbons (Fsp3) is 1.00. The zero-order valence-corrected chi connectivity index (χ0v) is 12.8. The summed E-state index contributed by atoms with van der Waals surface area (Å²) < 4.78 is 12.9. The van der Waals surface area contributed by atoms with Crippen LogP contribution in [0.15, 0.2) is 0 Å². The van der Waals surface area contributed by atoms with E-state index in [1.54, 1.807) is 0 Å². The minimum Gasteiger partial charge on any atom is -0.308 e. The van der Waals surface area contributed by atoms with Crippen molar-refractivity contribution in [3.63, 3.8) is 0 Å². The molecule has 2 fully saturated rings. The minimum absolute atomic E-state index is 0.202. The van der Waals surface area contributed by atoms with Crippen molar-refractivity contribution < 1.29 is 4.39 Å². The predicted molar refractivity (Wildman–Crippen MR) is 79.2 cm³/mol. The van der Waals surface area contributed by atoms with Crippen LogP contribution >= 0.6 is 0 Å². The Bertz CT molecular complexity index is 259. The number of nitrogens with one attached hydrogen (secondary N) is 1. The first-order valence-electron chi connectivity index (χ1n) is 8.29. The van der Waals surface area contributed by atoms with E-state index in [4.69, 9.17) is 0 Å². The van der Waals surface area contributed by atoms with Gasteiger partial charge in [-0.2, -0.15) is 0 Å². The maximum Gasteiger partial charge on any atom is 0.102 e. The molecule has 2 aliphatic rings. The summed E-state index contributed by atoms with van der Waals surface area (Å²) in [7, 11) is 0. The van der Waals surface area contributed by atoms with E-state index in [0.717, 1.165) is 31.8 Å². The Kier molecular flexibility index (Phi) is 5.64. The fourth-order valence-electron chi connectivity index (χ4n) is 4.07. The van der Waals surface area contributed by atoms with E-state index in [2.05, 4.69) is 24.1 Å². The third kappa shape index (κ3) is 3.49. The molecule has 0 bridgehead atoms. The largest absolute Gasteiger partial charge is 0.308 e. The van der Waals surface area contributed by atoms with E-state index >= 15 is 0 Å². The minimum atomic E-state index is -0.202. The maximum absolute atomic E-state index is 12.9. The first-order valence-corrected chi connectivity index (χ1v) is 8.29. The van der Waals surface area contributed by atoms with E-state index in [0.29, 0.717) is 12.6 Å². The van der Waals surface area contributed by atoms with Crippen LogP contribution in [0.5, 0.6) is 0 Å². The second-order valence-electron chi connectivity index (χ2n) is 6.49. The predicted octanol–water partition coefficient (Wildman–Crippen LogP) is 3.37. The van der Waals surface area contributed by atoms with Gasteiger partial charge in [-0.05, 0) is 31.6 Å². The van der Waals surface area contributed by atoms with Crippen LogP contribution in [0.25, 0.3) is 0 Å². The molecular formula is C16H31FN2. The Morgan fingerprint density at radius 2 is 1.84 bits per heavy atom. The molecule has 0 aromatic carbocycles. The van der Waals surface area contributed by atoms with Gasteiger partial charge >= 0.3 is 0 Å². The van der Waals surface area contributed by atoms with Crippen LogP contribution in [-0.4, -0.2) is 42.8 Å². The van der Waals surface area contributed by atoms with Gasteiger partial charge in [0, 0.05) is 31.2 Å². The van der Waals surface area contributed by atoms with Gasteiger partial charge in [0.1, 0.15) is 6.67 Å². The Hall–Kier alpha value is -0.150. The fourth-order valence-corrected chi connectivity index (χ4v) is 4.07. The molecule has 1 N–H and O–H groups in total. The van der Waals surface area contributed by atoms with Crippen LogP contribution in [0.1, 0.15) is 58.8 Å². The molecule has 0 aromatic heterocycles. The summed E-state index contributed by atoms with van der Waals surface area (Å²) in [5.41, 5.74) is 0.223. The number of alkyl halides is 1. The van der Waals surface area contributed by atoms with E-state index in [-0.39, 0.29) is 12.2 Å². The van der Waals surface area contributed by atoms with Crippen LogP contribution in [0.4, 0.5) is 4.39 Å². The molecule has 1 heterocycles. The molecule has 2 nitrogen and oxygen atoms in total. The standard InChI is InChI=1S/C16H31FN2/c1-3-16(4-2)13-19(11-10-17)15(12-18-16)14-8-6-5-7-9-14/h14-15,18H,3-13H2,1-2H3. The van der Waals surface area contributed by atoms with Crippen LogP contribution in [0.2, 0.25) is 0 Å². The molecule has 3 heteroatoms. The quantitative estimate of drug-likeness (QED) is 0.824. The molecule has 0 radical (unpaired) electrons. The molecule has 112 valence electrons. The molecule has 1 aliphatic carbocycles. The van der Waals surface area contributed by atoms with E-state index in [1.165, 1.54) is 32.1 Å². The Morgan fingerprint density at radius 3 is 2.42 bits per heavy atom. The summed E-state index contributed by atoms with van der Waals surface area (Å²) in [4.78, 5) is 2.46. The number of nitrogens with zero attached hydrogens (tertiary/aromatic N) is 1. The van der Waals surface area contributed by atoms with Crippen LogP contribution < -0.4 is 5.32 Å². The number of rotatable bonds is 5. The summed E-state index contributed by atoms with van der Waals surface area (Å²) >= 11 is 0. The van der Waals surface area contributed by atoms with Gasteiger partial charge in [-0.3, -0.25) is 4.90 Å². The van der Waals surface area contributed by atoms with Gasteiger partial charge in [0.05, 0.1) is 0 Å². The highest BCUT2D eigenvalue weighted by Crippen LogP contribution is 2.32. The van der Waals surface area contributed by atoms with Crippen molar-refractivity contribution in [1.29, 1.82) is 0 Å². The van der Waals surface area contributed by atoms with Crippen molar-refractivity contribution in [3.8, 4) is 0 Å². The third-order valence-corrected chi connectivity index (χ3v) is 5.58. The second-order valence-corrected chi connectivity index (χ2v) is 6.49. The topological polar surface area (TPSA) is 15.3 Å². The van der Waals surface area contributed by atoms with Gasteiger partial charge in [0.25, 0.3) is 0 Å². The first-order chi connectivity index (χ1) is 9.24. The van der Waals surface area contributed by atoms with Gasteiger partial charge in [-0.15, -0.1) is 0 Å². The molecule has 1 saturated heterocycles. The normalized spacial score (nSPS) is 29.5. The summed E-state index contributed by atoms with van der Waals surface area (Å²) in [6, 6.07) is 0.572. The zero-order chi connectivity index (χ0) is 13.7. The van der Waals surface area contributed by atoms with Gasteiger partial charge < -0.3 is 5.32 Å². The van der Waals surface area contributed by atoms with Crippen molar-refractivity contribution in [2.45, 2.75) is 70.4 Å². The van der Waals surface area contributed by atoms with Crippen molar-refractivity contribution in [2.75, 3.05) is 26.3 Å². The zero-order valence-electron chi connectivity index (χ0n) is 12.8. The Labute approximate surface area is 118 Å². The van der Waals surface area contributed by atoms with Crippen molar-refractivity contribution >= 4 is 0 Å². The van der Waals surface area contributed by atoms with Crippen molar-refractivity contribution in [3.05, 3.63) is 0 Å². The molecule has 0 spiro atoms. The molecule has 0 amide bonds. The number of hydrogen-bond donors (Lipinski definition) is 1. The summed E-state index contributed by atoms with van der Waals surface area (Å²) in [6.07, 6.45) is 9.12. The first kappa shape index (κ1) is 15.2. The number of halogens is 1. The highest BCUT2D eigenvalue weighted by Gasteiger charge is 2.39. The molecule has 1 atom stereocenters. The molecular weight excluding hydrogens is 239 g/mol. The molecule has 1 aliphatic heterocycles. The van der Waals surface area contributed by atoms with Gasteiger partial charge in [0.2, 0.25) is 0 Å². The van der Waals surface area contributed by atoms with Crippen LogP contribution in [0, 0.1) is 5.92 Å². The Morgan fingerprint density at radius 1 is 1.16 bits per heavy atom. The third-order valence-electron chi connectivity index (χ3n) is 5.58. The molecule has 1 unspecified atom stereocenters. The van der Waals surface area contributed by atoms with Gasteiger partial charge in [-0.25, -0.2) is 4.39 Å². The number of hydrogen-bond acceptors (Lipinski definition) is 2. The van der Waals surface area contributed by atoms with Gasteiger partial charge in [-0.1, -0.05) is 33.1 Å². The molecule has 1 saturated carbocycles. The lowest BCUT2D eigenvalue weighted by Gasteiger charge is -2.50. The Balaban J connectivity index is 2.03. The molecule has 0 aromatic rings. The maximum atomic E-state index is 12.9. The summed E-state index contributed by atoms with van der Waals surface area (Å²) in [5, 5.41) is 3.80. The highest BCUT2D eigenvalue weighted by molar-refractivity contribution is 4.98. The second kappa shape index (κ2) is 7.03. The van der Waals surface area contributed by atoms with Crippen LogP contribution in [0.3, 0.4) is 0 Å². The van der Waals surface area contributed by atoms with Crippen molar-refractivity contribution in [1.82, 2.24) is 10.2 Å². The SMILES string of the molecule is CCC1(CC)CN(CCF)C(C2CCCCC2)CN1. The smallest absolute Gasteiger partial charge is 0.102 e. The monoisotopic (exact) mass is 270 g/mol. The lowest BCUT2D eigenvalue weighted by Crippen LogP contribution is -2.65. The average molecular weight is 270 g/mol. The summed E-state index contributed by atoms with van der Waals surface area (Å²) in [5.74, 6) is 0.791. The molecule has 2 rings (SSSR count). The lowest BCUT2D eigenvalue weighted by molar-refractivity contribution is 0.0287. The van der Waals surface area contributed by atoms with E-state index in [1.807, 2.05) is 0 Å². The lowest BCUT2D eigenvalue weighted by atomic mass is 9.79. The van der Waals surface area contributed by atoms with E-state index < -0.39 is 0 Å². The average Bonchev–Trinajstić information content (AvgIpc) is 2.48. The highest BCUT2D eigenvalue weighted by atomic mass is 19.1. The summed E-state index contributed by atoms with van der Waals surface area (Å²) in [6.45, 7) is 7.03. The van der Waals surface area contributed by atoms with Crippen molar-refractivity contribution in [2.24, 2.45) is 5.92 Å². The molecule has 19 heavy (non-hydrogen) atoms. The van der Waals surface area contributed by atoms with Crippen LogP contribution in [-0.2, 0) is 0 Å².